The van der Waals surface area contributed by atoms with Crippen molar-refractivity contribution in [3.63, 3.8) is 0 Å². The molecule has 3 atom stereocenters. The molecule has 3 nitrogen and oxygen atoms in total. The van der Waals surface area contributed by atoms with Crippen LogP contribution in [0.2, 0.25) is 10.0 Å². The van der Waals surface area contributed by atoms with E-state index in [-0.39, 0.29) is 12.0 Å². The Bertz CT molecular complexity index is 907. The highest BCUT2D eigenvalue weighted by molar-refractivity contribution is 6.42. The van der Waals surface area contributed by atoms with E-state index in [0.717, 1.165) is 28.8 Å². The van der Waals surface area contributed by atoms with Gasteiger partial charge in [0.25, 0.3) is 0 Å². The summed E-state index contributed by atoms with van der Waals surface area (Å²) in [4.78, 5) is 11.5. The van der Waals surface area contributed by atoms with E-state index < -0.39 is 5.97 Å². The Balaban J connectivity index is 1.87. The van der Waals surface area contributed by atoms with Gasteiger partial charge in [0.2, 0.25) is 0 Å². The van der Waals surface area contributed by atoms with Gasteiger partial charge in [0.05, 0.1) is 21.7 Å². The van der Waals surface area contributed by atoms with Crippen molar-refractivity contribution in [3.8, 4) is 0 Å². The lowest BCUT2D eigenvalue weighted by Gasteiger charge is -2.39. The third-order valence-corrected chi connectivity index (χ3v) is 6.18. The largest absolute Gasteiger partial charge is 0.478 e. The van der Waals surface area contributed by atoms with Gasteiger partial charge in [-0.05, 0) is 48.1 Å². The third kappa shape index (κ3) is 2.54. The Labute approximate surface area is 156 Å². The van der Waals surface area contributed by atoms with Crippen molar-refractivity contribution in [1.82, 2.24) is 0 Å². The molecule has 2 N–H and O–H groups in total. The van der Waals surface area contributed by atoms with Crippen LogP contribution in [0.5, 0.6) is 0 Å². The molecule has 5 heteroatoms. The van der Waals surface area contributed by atoms with Gasteiger partial charge in [-0.15, -0.1) is 0 Å². The maximum absolute atomic E-state index is 11.5. The number of anilines is 1. The minimum absolute atomic E-state index is 0.0126. The van der Waals surface area contributed by atoms with Gasteiger partial charge in [0.1, 0.15) is 0 Å². The zero-order chi connectivity index (χ0) is 17.7. The average molecular weight is 374 g/mol. The molecule has 1 aliphatic carbocycles. The van der Waals surface area contributed by atoms with Crippen LogP contribution in [-0.2, 0) is 0 Å². The van der Waals surface area contributed by atoms with Crippen LogP contribution in [0.4, 0.5) is 5.69 Å². The van der Waals surface area contributed by atoms with E-state index in [2.05, 4.69) is 17.5 Å². The summed E-state index contributed by atoms with van der Waals surface area (Å²) in [5.74, 6) is -0.333. The van der Waals surface area contributed by atoms with Crippen molar-refractivity contribution < 1.29 is 9.90 Å². The van der Waals surface area contributed by atoms with E-state index in [1.807, 2.05) is 25.1 Å². The Hall–Kier alpha value is -1.97. The molecule has 128 valence electrons. The summed E-state index contributed by atoms with van der Waals surface area (Å²) in [5.41, 5.74) is 4.08. The summed E-state index contributed by atoms with van der Waals surface area (Å²) in [5, 5.41) is 14.1. The first-order valence-corrected chi connectivity index (χ1v) is 8.98. The number of hydrogen-bond donors (Lipinski definition) is 2. The van der Waals surface area contributed by atoms with Gasteiger partial charge in [-0.25, -0.2) is 4.79 Å². The number of nitrogens with one attached hydrogen (secondary N) is 1. The average Bonchev–Trinajstić information content (AvgIpc) is 3.07. The predicted octanol–water partition coefficient (Wildman–Crippen LogP) is 5.83. The summed E-state index contributed by atoms with van der Waals surface area (Å²) in [6, 6.07) is 9.29. The standard InChI is InChI=1S/C20H17Cl2NO2/c1-10-11(20(24)25)8-9-14-12-4-2-5-13(12)19(23-18(10)14)15-6-3-7-16(21)17(15)22/h2-4,6-9,12-13,19,23H,5H2,1H3,(H,24,25)/t12-,13-,19-/m0/s1. The van der Waals surface area contributed by atoms with Gasteiger partial charge in [-0.3, -0.25) is 0 Å². The van der Waals surface area contributed by atoms with Crippen molar-refractivity contribution in [1.29, 1.82) is 0 Å². The number of fused-ring (bicyclic) bond motifs is 3. The molecule has 0 radical (unpaired) electrons. The Morgan fingerprint density at radius 3 is 2.76 bits per heavy atom. The van der Waals surface area contributed by atoms with Gasteiger partial charge in [-0.2, -0.15) is 0 Å². The van der Waals surface area contributed by atoms with Crippen LogP contribution >= 0.6 is 23.2 Å². The maximum atomic E-state index is 11.5. The molecular weight excluding hydrogens is 357 g/mol. The van der Waals surface area contributed by atoms with Crippen LogP contribution in [0.1, 0.15) is 45.4 Å². The second kappa shape index (κ2) is 6.08. The van der Waals surface area contributed by atoms with Crippen molar-refractivity contribution in [2.24, 2.45) is 5.92 Å². The molecular formula is C20H17Cl2NO2. The van der Waals surface area contributed by atoms with E-state index in [0.29, 0.717) is 21.5 Å². The lowest BCUT2D eigenvalue weighted by atomic mass is 9.76. The molecule has 1 aliphatic heterocycles. The summed E-state index contributed by atoms with van der Waals surface area (Å²) in [6.07, 6.45) is 5.36. The summed E-state index contributed by atoms with van der Waals surface area (Å²) >= 11 is 12.7. The number of rotatable bonds is 2. The first kappa shape index (κ1) is 16.5. The lowest BCUT2D eigenvalue weighted by Crippen LogP contribution is -2.30. The van der Waals surface area contributed by atoms with E-state index in [4.69, 9.17) is 23.2 Å². The molecule has 0 saturated carbocycles. The van der Waals surface area contributed by atoms with Gasteiger partial charge >= 0.3 is 5.97 Å². The summed E-state index contributed by atoms with van der Waals surface area (Å²) in [7, 11) is 0. The van der Waals surface area contributed by atoms with Crippen LogP contribution in [0.15, 0.2) is 42.5 Å². The summed E-state index contributed by atoms with van der Waals surface area (Å²) < 4.78 is 0. The molecule has 1 heterocycles. The van der Waals surface area contributed by atoms with Gasteiger partial charge in [0, 0.05) is 11.6 Å². The number of benzene rings is 2. The normalized spacial score (nSPS) is 23.7. The highest BCUT2D eigenvalue weighted by Gasteiger charge is 2.39. The van der Waals surface area contributed by atoms with Crippen LogP contribution in [-0.4, -0.2) is 11.1 Å². The number of aromatic carboxylic acids is 1. The summed E-state index contributed by atoms with van der Waals surface area (Å²) in [6.45, 7) is 1.85. The van der Waals surface area contributed by atoms with Gasteiger partial charge in [0.15, 0.2) is 0 Å². The molecule has 4 rings (SSSR count). The van der Waals surface area contributed by atoms with Crippen LogP contribution < -0.4 is 5.32 Å². The highest BCUT2D eigenvalue weighted by Crippen LogP contribution is 2.52. The molecule has 0 amide bonds. The highest BCUT2D eigenvalue weighted by atomic mass is 35.5. The second-order valence-corrected chi connectivity index (χ2v) is 7.41. The number of allylic oxidation sites excluding steroid dienone is 2. The third-order valence-electron chi connectivity index (χ3n) is 5.34. The molecule has 0 aromatic heterocycles. The van der Waals surface area contributed by atoms with Gasteiger partial charge < -0.3 is 10.4 Å². The molecule has 0 spiro atoms. The van der Waals surface area contributed by atoms with E-state index >= 15 is 0 Å². The lowest BCUT2D eigenvalue weighted by molar-refractivity contribution is 0.0696. The number of hydrogen-bond acceptors (Lipinski definition) is 2. The maximum Gasteiger partial charge on any atom is 0.336 e. The minimum Gasteiger partial charge on any atom is -0.478 e. The fraction of sp³-hybridized carbons (Fsp3) is 0.250. The van der Waals surface area contributed by atoms with Crippen molar-refractivity contribution in [2.75, 3.05) is 5.32 Å². The number of carboxylic acid groups (broad SMARTS) is 1. The van der Waals surface area contributed by atoms with Crippen LogP contribution in [0.3, 0.4) is 0 Å². The molecule has 0 bridgehead atoms. The fourth-order valence-corrected chi connectivity index (χ4v) is 4.54. The molecule has 2 aliphatic rings. The predicted molar refractivity (Wildman–Crippen MR) is 101 cm³/mol. The van der Waals surface area contributed by atoms with Crippen molar-refractivity contribution in [3.05, 3.63) is 74.8 Å². The topological polar surface area (TPSA) is 49.3 Å². The SMILES string of the molecule is Cc1c(C(=O)O)ccc2c1N[C@H](c1cccc(Cl)c1Cl)[C@H]1CC=C[C@H]21. The van der Waals surface area contributed by atoms with Crippen molar-refractivity contribution >= 4 is 34.9 Å². The number of halogens is 2. The van der Waals surface area contributed by atoms with Crippen molar-refractivity contribution in [2.45, 2.75) is 25.3 Å². The quantitative estimate of drug-likeness (QED) is 0.651. The molecule has 0 fully saturated rings. The molecule has 2 aromatic rings. The van der Waals surface area contributed by atoms with E-state index in [1.54, 1.807) is 12.1 Å². The minimum atomic E-state index is -0.913. The first-order valence-electron chi connectivity index (χ1n) is 8.23. The Kier molecular flexibility index (Phi) is 4.01. The molecule has 0 saturated heterocycles. The zero-order valence-electron chi connectivity index (χ0n) is 13.6. The molecule has 0 unspecified atom stereocenters. The Morgan fingerprint density at radius 2 is 2.00 bits per heavy atom. The van der Waals surface area contributed by atoms with E-state index in [1.165, 1.54) is 0 Å². The van der Waals surface area contributed by atoms with Crippen LogP contribution in [0.25, 0.3) is 0 Å². The van der Waals surface area contributed by atoms with E-state index in [9.17, 15) is 9.90 Å². The molecule has 2 aromatic carbocycles. The monoisotopic (exact) mass is 373 g/mol. The molecule has 25 heavy (non-hydrogen) atoms. The second-order valence-electron chi connectivity index (χ2n) is 6.63. The van der Waals surface area contributed by atoms with Crippen LogP contribution in [0, 0.1) is 12.8 Å². The smallest absolute Gasteiger partial charge is 0.336 e. The number of carbonyl (C=O) groups is 1. The zero-order valence-corrected chi connectivity index (χ0v) is 15.1. The Morgan fingerprint density at radius 1 is 1.20 bits per heavy atom. The number of carboxylic acids is 1. The van der Waals surface area contributed by atoms with Gasteiger partial charge in [-0.1, -0.05) is 53.6 Å². The first-order chi connectivity index (χ1) is 12.0. The fourth-order valence-electron chi connectivity index (χ4n) is 4.11.